The van der Waals surface area contributed by atoms with Crippen molar-refractivity contribution in [2.24, 2.45) is 0 Å². The average Bonchev–Trinajstić information content (AvgIpc) is 3.21. The van der Waals surface area contributed by atoms with E-state index in [2.05, 4.69) is 69.4 Å². The van der Waals surface area contributed by atoms with Crippen LogP contribution in [0.3, 0.4) is 0 Å². The molecule has 0 fully saturated rings. The Bertz CT molecular complexity index is 1010. The van der Waals surface area contributed by atoms with E-state index in [0.29, 0.717) is 19.3 Å². The summed E-state index contributed by atoms with van der Waals surface area (Å²) in [6.07, 6.45) is 53.8. The molecule has 57 heavy (non-hydrogen) atoms. The summed E-state index contributed by atoms with van der Waals surface area (Å²) in [4.78, 5) is 37.8. The van der Waals surface area contributed by atoms with Gasteiger partial charge in [-0.05, 0) is 57.8 Å². The van der Waals surface area contributed by atoms with Gasteiger partial charge in [0.2, 0.25) is 0 Å². The van der Waals surface area contributed by atoms with Crippen molar-refractivity contribution < 1.29 is 28.6 Å². The van der Waals surface area contributed by atoms with E-state index in [4.69, 9.17) is 14.2 Å². The lowest BCUT2D eigenvalue weighted by atomic mass is 10.0. The van der Waals surface area contributed by atoms with Crippen molar-refractivity contribution in [3.8, 4) is 0 Å². The molecule has 0 aromatic heterocycles. The fourth-order valence-electron chi connectivity index (χ4n) is 6.73. The molecular weight excluding hydrogens is 709 g/mol. The number of allylic oxidation sites excluding steroid dienone is 8. The van der Waals surface area contributed by atoms with Crippen LogP contribution in [0.4, 0.5) is 0 Å². The van der Waals surface area contributed by atoms with Gasteiger partial charge in [-0.15, -0.1) is 0 Å². The molecule has 0 aromatic carbocycles. The van der Waals surface area contributed by atoms with Crippen LogP contribution < -0.4 is 0 Å². The smallest absolute Gasteiger partial charge is 0.306 e. The average molecular weight is 799 g/mol. The SMILES string of the molecule is CC/C=C\C/C=C\C/C=C\C/C=C\CCCCCC(=O)OCC(COC(=O)CCCCCCCCCCCC)OC(=O)CCCCCCCCCCCCCCC. The largest absolute Gasteiger partial charge is 0.462 e. The first-order chi connectivity index (χ1) is 28.0. The quantitative estimate of drug-likeness (QED) is 0.0265. The Hall–Kier alpha value is -2.63. The van der Waals surface area contributed by atoms with Crippen molar-refractivity contribution >= 4 is 17.9 Å². The number of hydrogen-bond donors (Lipinski definition) is 0. The summed E-state index contributed by atoms with van der Waals surface area (Å²) in [5, 5.41) is 0. The van der Waals surface area contributed by atoms with Crippen molar-refractivity contribution in [2.75, 3.05) is 13.2 Å². The molecule has 0 aromatic rings. The Morgan fingerprint density at radius 3 is 1.07 bits per heavy atom. The summed E-state index contributed by atoms with van der Waals surface area (Å²) in [6.45, 7) is 6.49. The summed E-state index contributed by atoms with van der Waals surface area (Å²) in [5.41, 5.74) is 0. The maximum Gasteiger partial charge on any atom is 0.306 e. The molecule has 0 heterocycles. The third-order valence-corrected chi connectivity index (χ3v) is 10.3. The minimum atomic E-state index is -0.779. The molecule has 0 saturated heterocycles. The first-order valence-corrected chi connectivity index (χ1v) is 24.1. The Morgan fingerprint density at radius 1 is 0.368 bits per heavy atom. The van der Waals surface area contributed by atoms with Crippen LogP contribution in [0.5, 0.6) is 0 Å². The number of hydrogen-bond acceptors (Lipinski definition) is 6. The van der Waals surface area contributed by atoms with Gasteiger partial charge in [0.25, 0.3) is 0 Å². The van der Waals surface area contributed by atoms with E-state index in [1.807, 2.05) is 0 Å². The van der Waals surface area contributed by atoms with Gasteiger partial charge in [0, 0.05) is 19.3 Å². The van der Waals surface area contributed by atoms with Crippen LogP contribution in [0.2, 0.25) is 0 Å². The highest BCUT2D eigenvalue weighted by Crippen LogP contribution is 2.15. The summed E-state index contributed by atoms with van der Waals surface area (Å²) in [5.74, 6) is -0.909. The first-order valence-electron chi connectivity index (χ1n) is 24.1. The fraction of sp³-hybridized carbons (Fsp3) is 0.784. The number of unbranched alkanes of at least 4 members (excludes halogenated alkanes) is 24. The molecule has 6 nitrogen and oxygen atoms in total. The lowest BCUT2D eigenvalue weighted by molar-refractivity contribution is -0.167. The van der Waals surface area contributed by atoms with Gasteiger partial charge < -0.3 is 14.2 Å². The van der Waals surface area contributed by atoms with Gasteiger partial charge in [0.15, 0.2) is 6.10 Å². The van der Waals surface area contributed by atoms with Gasteiger partial charge >= 0.3 is 17.9 Å². The fourth-order valence-corrected chi connectivity index (χ4v) is 6.73. The van der Waals surface area contributed by atoms with E-state index in [1.165, 1.54) is 109 Å². The molecule has 6 heteroatoms. The summed E-state index contributed by atoms with van der Waals surface area (Å²) >= 11 is 0. The van der Waals surface area contributed by atoms with Crippen LogP contribution in [0.1, 0.15) is 239 Å². The number of carbonyl (C=O) groups excluding carboxylic acids is 3. The lowest BCUT2D eigenvalue weighted by Gasteiger charge is -2.18. The number of ether oxygens (including phenoxy) is 3. The molecule has 0 aliphatic carbocycles. The van der Waals surface area contributed by atoms with Crippen molar-refractivity contribution in [1.82, 2.24) is 0 Å². The minimum absolute atomic E-state index is 0.0803. The second-order valence-electron chi connectivity index (χ2n) is 16.0. The number of carbonyl (C=O) groups is 3. The molecule has 1 unspecified atom stereocenters. The van der Waals surface area contributed by atoms with E-state index in [1.54, 1.807) is 0 Å². The third-order valence-electron chi connectivity index (χ3n) is 10.3. The first kappa shape index (κ1) is 54.4. The molecular formula is C51H90O6. The molecule has 0 aliphatic rings. The molecule has 0 aliphatic heterocycles. The van der Waals surface area contributed by atoms with E-state index in [0.717, 1.165) is 89.9 Å². The van der Waals surface area contributed by atoms with Crippen LogP contribution in [-0.4, -0.2) is 37.2 Å². The summed E-state index contributed by atoms with van der Waals surface area (Å²) in [7, 11) is 0. The van der Waals surface area contributed by atoms with Gasteiger partial charge in [-0.3, -0.25) is 14.4 Å². The van der Waals surface area contributed by atoms with E-state index >= 15 is 0 Å². The van der Waals surface area contributed by atoms with E-state index in [9.17, 15) is 14.4 Å². The molecule has 0 bridgehead atoms. The van der Waals surface area contributed by atoms with Gasteiger partial charge in [0.1, 0.15) is 13.2 Å². The molecule has 330 valence electrons. The maximum atomic E-state index is 12.7. The molecule has 0 radical (unpaired) electrons. The molecule has 0 spiro atoms. The highest BCUT2D eigenvalue weighted by Gasteiger charge is 2.19. The van der Waals surface area contributed by atoms with Crippen molar-refractivity contribution in [1.29, 1.82) is 0 Å². The Morgan fingerprint density at radius 2 is 0.684 bits per heavy atom. The zero-order valence-electron chi connectivity index (χ0n) is 37.6. The van der Waals surface area contributed by atoms with Crippen LogP contribution >= 0.6 is 0 Å². The van der Waals surface area contributed by atoms with Crippen molar-refractivity contribution in [3.63, 3.8) is 0 Å². The Kier molecular flexibility index (Phi) is 43.9. The third kappa shape index (κ3) is 44.3. The predicted molar refractivity (Wildman–Crippen MR) is 242 cm³/mol. The second kappa shape index (κ2) is 46.1. The van der Waals surface area contributed by atoms with Crippen LogP contribution in [0.25, 0.3) is 0 Å². The molecule has 0 amide bonds. The standard InChI is InChI=1S/C51H90O6/c1-4-7-10-13-16-19-22-24-25-26-28-29-32-35-38-41-44-50(53)56-47-48(46-55-49(52)43-40-37-34-31-21-18-15-12-9-6-3)57-51(54)45-42-39-36-33-30-27-23-20-17-14-11-8-5-2/h7,10,16,19,24-25,28-29,48H,4-6,8-9,11-15,17-18,20-23,26-27,30-47H2,1-3H3/b10-7-,19-16-,25-24-,29-28-. The normalized spacial score (nSPS) is 12.4. The molecule has 1 atom stereocenters. The van der Waals surface area contributed by atoms with E-state index in [-0.39, 0.29) is 31.1 Å². The lowest BCUT2D eigenvalue weighted by Crippen LogP contribution is -2.30. The second-order valence-corrected chi connectivity index (χ2v) is 16.0. The molecule has 0 saturated carbocycles. The van der Waals surface area contributed by atoms with Crippen molar-refractivity contribution in [3.05, 3.63) is 48.6 Å². The van der Waals surface area contributed by atoms with Crippen molar-refractivity contribution in [2.45, 2.75) is 245 Å². The number of rotatable bonds is 43. The Balaban J connectivity index is 4.40. The zero-order chi connectivity index (χ0) is 41.5. The van der Waals surface area contributed by atoms with Crippen LogP contribution in [0, 0.1) is 0 Å². The minimum Gasteiger partial charge on any atom is -0.462 e. The Labute approximate surface area is 352 Å². The predicted octanol–water partition coefficient (Wildman–Crippen LogP) is 15.5. The summed E-state index contributed by atoms with van der Waals surface area (Å²) < 4.78 is 16.7. The maximum absolute atomic E-state index is 12.7. The zero-order valence-corrected chi connectivity index (χ0v) is 37.6. The van der Waals surface area contributed by atoms with Gasteiger partial charge in [0.05, 0.1) is 0 Å². The topological polar surface area (TPSA) is 78.9 Å². The molecule has 0 rings (SSSR count). The van der Waals surface area contributed by atoms with Crippen LogP contribution in [-0.2, 0) is 28.6 Å². The van der Waals surface area contributed by atoms with Crippen LogP contribution in [0.15, 0.2) is 48.6 Å². The highest BCUT2D eigenvalue weighted by atomic mass is 16.6. The van der Waals surface area contributed by atoms with E-state index < -0.39 is 6.10 Å². The summed E-state index contributed by atoms with van der Waals surface area (Å²) in [6, 6.07) is 0. The highest BCUT2D eigenvalue weighted by molar-refractivity contribution is 5.71. The van der Waals surface area contributed by atoms with Gasteiger partial charge in [-0.1, -0.05) is 211 Å². The monoisotopic (exact) mass is 799 g/mol. The van der Waals surface area contributed by atoms with Gasteiger partial charge in [-0.2, -0.15) is 0 Å². The molecule has 0 N–H and O–H groups in total. The number of esters is 3. The van der Waals surface area contributed by atoms with Gasteiger partial charge in [-0.25, -0.2) is 0 Å².